The molecule has 156 valence electrons. The van der Waals surface area contributed by atoms with E-state index < -0.39 is 0 Å². The Balaban J connectivity index is 1.48. The van der Waals surface area contributed by atoms with Gasteiger partial charge in [-0.05, 0) is 42.7 Å². The Hall–Kier alpha value is -2.83. The fourth-order valence-electron chi connectivity index (χ4n) is 5.15. The molecule has 0 bridgehead atoms. The standard InChI is InChI=1S/C24H27N3O3/c1-30-17-7-8-18-19(13-17)26-22-20(14-28)25-15-24(21(18)22)9-11-27(12-10-24)23(29)16-5-3-2-4-6-16/h2-8,13,20,25-26,28H,9-12,14-15H2,1H3/t20-/m0/s1. The van der Waals surface area contributed by atoms with Gasteiger partial charge >= 0.3 is 0 Å². The summed E-state index contributed by atoms with van der Waals surface area (Å²) in [5, 5.41) is 14.7. The van der Waals surface area contributed by atoms with Crippen molar-refractivity contribution in [2.75, 3.05) is 33.4 Å². The van der Waals surface area contributed by atoms with Crippen molar-refractivity contribution in [1.29, 1.82) is 0 Å². The number of hydrogen-bond donors (Lipinski definition) is 3. The van der Waals surface area contributed by atoms with Gasteiger partial charge in [-0.1, -0.05) is 18.2 Å². The number of likely N-dealkylation sites (tertiary alicyclic amines) is 1. The van der Waals surface area contributed by atoms with Gasteiger partial charge in [-0.25, -0.2) is 0 Å². The van der Waals surface area contributed by atoms with E-state index in [0.717, 1.165) is 55.0 Å². The molecule has 1 fully saturated rings. The number of aromatic nitrogens is 1. The molecule has 2 aliphatic rings. The van der Waals surface area contributed by atoms with Gasteiger partial charge < -0.3 is 25.0 Å². The van der Waals surface area contributed by atoms with Crippen molar-refractivity contribution in [2.24, 2.45) is 0 Å². The maximum absolute atomic E-state index is 12.9. The number of amides is 1. The van der Waals surface area contributed by atoms with Crippen molar-refractivity contribution in [3.63, 3.8) is 0 Å². The van der Waals surface area contributed by atoms with Crippen LogP contribution in [0.15, 0.2) is 48.5 Å². The monoisotopic (exact) mass is 405 g/mol. The molecule has 6 nitrogen and oxygen atoms in total. The smallest absolute Gasteiger partial charge is 0.253 e. The molecule has 3 N–H and O–H groups in total. The third-order valence-corrected chi connectivity index (χ3v) is 6.81. The van der Waals surface area contributed by atoms with E-state index in [4.69, 9.17) is 4.74 Å². The zero-order chi connectivity index (χ0) is 20.7. The van der Waals surface area contributed by atoms with Gasteiger partial charge in [0.05, 0.1) is 19.8 Å². The lowest BCUT2D eigenvalue weighted by Gasteiger charge is -2.46. The number of fused-ring (bicyclic) bond motifs is 4. The van der Waals surface area contributed by atoms with Crippen LogP contribution >= 0.6 is 0 Å². The number of hydrogen-bond acceptors (Lipinski definition) is 4. The zero-order valence-electron chi connectivity index (χ0n) is 17.1. The van der Waals surface area contributed by atoms with Crippen molar-refractivity contribution in [3.8, 4) is 5.75 Å². The lowest BCUT2D eigenvalue weighted by atomic mass is 9.69. The van der Waals surface area contributed by atoms with Gasteiger partial charge in [0.15, 0.2) is 0 Å². The second-order valence-electron chi connectivity index (χ2n) is 8.38. The van der Waals surface area contributed by atoms with E-state index in [0.29, 0.717) is 0 Å². The fourth-order valence-corrected chi connectivity index (χ4v) is 5.15. The van der Waals surface area contributed by atoms with Crippen molar-refractivity contribution >= 4 is 16.8 Å². The van der Waals surface area contributed by atoms with E-state index in [1.165, 1.54) is 10.9 Å². The number of nitrogens with one attached hydrogen (secondary N) is 2. The van der Waals surface area contributed by atoms with Crippen LogP contribution in [0.2, 0.25) is 0 Å². The van der Waals surface area contributed by atoms with Crippen LogP contribution in [0.25, 0.3) is 10.9 Å². The normalized spacial score (nSPS) is 20.3. The number of nitrogens with zero attached hydrogens (tertiary/aromatic N) is 1. The molecule has 0 unspecified atom stereocenters. The highest BCUT2D eigenvalue weighted by molar-refractivity contribution is 5.94. The summed E-state index contributed by atoms with van der Waals surface area (Å²) in [4.78, 5) is 18.4. The summed E-state index contributed by atoms with van der Waals surface area (Å²) in [7, 11) is 1.67. The number of aromatic amines is 1. The second kappa shape index (κ2) is 7.45. The summed E-state index contributed by atoms with van der Waals surface area (Å²) in [6.07, 6.45) is 1.78. The second-order valence-corrected chi connectivity index (χ2v) is 8.38. The highest BCUT2D eigenvalue weighted by Crippen LogP contribution is 2.46. The maximum Gasteiger partial charge on any atom is 0.253 e. The first-order valence-electron chi connectivity index (χ1n) is 10.5. The summed E-state index contributed by atoms with van der Waals surface area (Å²) in [5.74, 6) is 0.915. The number of carbonyl (C=O) groups excluding carboxylic acids is 1. The summed E-state index contributed by atoms with van der Waals surface area (Å²) in [5.41, 5.74) is 4.08. The predicted octanol–water partition coefficient (Wildman–Crippen LogP) is 2.99. The average molecular weight is 405 g/mol. The number of ether oxygens (including phenoxy) is 1. The van der Waals surface area contributed by atoms with Crippen LogP contribution < -0.4 is 10.1 Å². The van der Waals surface area contributed by atoms with Gasteiger partial charge in [0.2, 0.25) is 0 Å². The topological polar surface area (TPSA) is 77.6 Å². The van der Waals surface area contributed by atoms with Crippen LogP contribution in [0.1, 0.15) is 40.5 Å². The number of carbonyl (C=O) groups is 1. The number of methoxy groups -OCH3 is 1. The van der Waals surface area contributed by atoms with Gasteiger partial charge in [-0.3, -0.25) is 4.79 Å². The number of H-pyrrole nitrogens is 1. The highest BCUT2D eigenvalue weighted by atomic mass is 16.5. The Morgan fingerprint density at radius 1 is 1.20 bits per heavy atom. The first-order valence-corrected chi connectivity index (χ1v) is 10.5. The number of benzene rings is 2. The third-order valence-electron chi connectivity index (χ3n) is 6.81. The quantitative estimate of drug-likeness (QED) is 0.626. The Bertz CT molecular complexity index is 1070. The van der Waals surface area contributed by atoms with Gasteiger partial charge in [0.1, 0.15) is 5.75 Å². The van der Waals surface area contributed by atoms with Gasteiger partial charge in [-0.2, -0.15) is 0 Å². The molecule has 0 radical (unpaired) electrons. The Kier molecular flexibility index (Phi) is 4.76. The van der Waals surface area contributed by atoms with E-state index >= 15 is 0 Å². The Labute approximate surface area is 175 Å². The molecule has 0 aliphatic carbocycles. The van der Waals surface area contributed by atoms with Crippen molar-refractivity contribution in [2.45, 2.75) is 24.3 Å². The van der Waals surface area contributed by atoms with Crippen molar-refractivity contribution in [3.05, 3.63) is 65.4 Å². The van der Waals surface area contributed by atoms with Crippen molar-refractivity contribution in [1.82, 2.24) is 15.2 Å². The molecule has 6 heteroatoms. The van der Waals surface area contributed by atoms with E-state index in [-0.39, 0.29) is 24.0 Å². The molecular weight excluding hydrogens is 378 g/mol. The van der Waals surface area contributed by atoms with Crippen LogP contribution in [0.4, 0.5) is 0 Å². The third kappa shape index (κ3) is 2.99. The summed E-state index contributed by atoms with van der Waals surface area (Å²) in [6, 6.07) is 15.5. The summed E-state index contributed by atoms with van der Waals surface area (Å²) >= 11 is 0. The molecule has 2 aliphatic heterocycles. The predicted molar refractivity (Wildman–Crippen MR) is 116 cm³/mol. The summed E-state index contributed by atoms with van der Waals surface area (Å²) < 4.78 is 5.40. The van der Waals surface area contributed by atoms with Gasteiger partial charge in [-0.15, -0.1) is 0 Å². The molecule has 30 heavy (non-hydrogen) atoms. The molecular formula is C24H27N3O3. The molecule has 1 aromatic heterocycles. The maximum atomic E-state index is 12.9. The van der Waals surface area contributed by atoms with E-state index in [9.17, 15) is 9.90 Å². The molecule has 1 amide bonds. The minimum absolute atomic E-state index is 0.0473. The Morgan fingerprint density at radius 3 is 2.67 bits per heavy atom. The van der Waals surface area contributed by atoms with Gasteiger partial charge in [0.25, 0.3) is 5.91 Å². The minimum atomic E-state index is -0.104. The first-order chi connectivity index (χ1) is 14.6. The molecule has 1 atom stereocenters. The molecule has 3 heterocycles. The van der Waals surface area contributed by atoms with Crippen molar-refractivity contribution < 1.29 is 14.6 Å². The minimum Gasteiger partial charge on any atom is -0.497 e. The molecule has 2 aromatic carbocycles. The SMILES string of the molecule is COc1ccc2c3c([nH]c2c1)[C@H](CO)NCC31CCN(C(=O)c2ccccc2)CC1. The molecule has 0 saturated carbocycles. The van der Waals surface area contributed by atoms with Crippen LogP contribution in [0, 0.1) is 0 Å². The molecule has 1 spiro atoms. The highest BCUT2D eigenvalue weighted by Gasteiger charge is 2.44. The van der Waals surface area contributed by atoms with Crippen LogP contribution in [-0.4, -0.2) is 54.2 Å². The molecule has 3 aromatic rings. The van der Waals surface area contributed by atoms with Crippen LogP contribution in [0.5, 0.6) is 5.75 Å². The number of aliphatic hydroxyl groups excluding tert-OH is 1. The summed E-state index contributed by atoms with van der Waals surface area (Å²) in [6.45, 7) is 2.30. The van der Waals surface area contributed by atoms with Gasteiger partial charge in [0, 0.05) is 53.3 Å². The average Bonchev–Trinajstić information content (AvgIpc) is 3.20. The van der Waals surface area contributed by atoms with Crippen LogP contribution in [0.3, 0.4) is 0 Å². The van der Waals surface area contributed by atoms with E-state index in [1.54, 1.807) is 7.11 Å². The Morgan fingerprint density at radius 2 is 1.97 bits per heavy atom. The van der Waals surface area contributed by atoms with E-state index in [1.807, 2.05) is 47.4 Å². The molecule has 1 saturated heterocycles. The lowest BCUT2D eigenvalue weighted by molar-refractivity contribution is 0.0651. The lowest BCUT2D eigenvalue weighted by Crippen LogP contribution is -2.53. The first kappa shape index (κ1) is 19.2. The number of rotatable bonds is 3. The largest absolute Gasteiger partial charge is 0.497 e. The van der Waals surface area contributed by atoms with E-state index in [2.05, 4.69) is 16.4 Å². The zero-order valence-corrected chi connectivity index (χ0v) is 17.1. The van der Waals surface area contributed by atoms with Crippen LogP contribution in [-0.2, 0) is 5.41 Å². The fraction of sp³-hybridized carbons (Fsp3) is 0.375. The number of aliphatic hydroxyl groups is 1. The number of piperidine rings is 1. The molecule has 5 rings (SSSR count).